The van der Waals surface area contributed by atoms with Crippen LogP contribution in [0, 0.1) is 5.82 Å². The van der Waals surface area contributed by atoms with E-state index in [2.05, 4.69) is 39.3 Å². The Labute approximate surface area is 257 Å². The van der Waals surface area contributed by atoms with Gasteiger partial charge in [0.05, 0.1) is 0 Å². The highest BCUT2D eigenvalue weighted by Crippen LogP contribution is 2.36. The summed E-state index contributed by atoms with van der Waals surface area (Å²) in [5, 5.41) is 4.19. The second-order valence-corrected chi connectivity index (χ2v) is 10.9. The fraction of sp³-hybridized carbons (Fsp3) is 0.158. The number of hydrogen-bond acceptors (Lipinski definition) is 3. The van der Waals surface area contributed by atoms with Crippen molar-refractivity contribution in [3.05, 3.63) is 167 Å². The molecule has 0 bridgehead atoms. The maximum atomic E-state index is 13.6. The number of aromatic nitrogens is 2. The standard InChI is InChI=1S/C38H34FN3O2/c39-31-18-16-28(17-19-31)25-42-26-36(34-14-4-5-15-37(34)42)35(24-38(43)41-22-20-32-12-6-7-21-40-32)30-11-8-13-33(23-30)44-27-29-9-2-1-3-10-29/h1-19,21,23,26,35H,20,22,24-25,27H2,(H,41,43). The number of carbonyl (C=O) groups excluding carboxylic acids is 1. The van der Waals surface area contributed by atoms with E-state index < -0.39 is 0 Å². The third-order valence-corrected chi connectivity index (χ3v) is 7.79. The number of rotatable bonds is 12. The Morgan fingerprint density at radius 1 is 0.841 bits per heavy atom. The molecule has 2 heterocycles. The van der Waals surface area contributed by atoms with Gasteiger partial charge in [-0.05, 0) is 64.7 Å². The molecular formula is C38H34FN3O2. The van der Waals surface area contributed by atoms with E-state index in [0.29, 0.717) is 26.1 Å². The van der Waals surface area contributed by atoms with Gasteiger partial charge >= 0.3 is 0 Å². The smallest absolute Gasteiger partial charge is 0.220 e. The van der Waals surface area contributed by atoms with Crippen molar-refractivity contribution in [1.82, 2.24) is 14.9 Å². The molecular weight excluding hydrogens is 549 g/mol. The molecule has 1 amide bonds. The molecule has 0 aliphatic carbocycles. The predicted molar refractivity (Wildman–Crippen MR) is 172 cm³/mol. The van der Waals surface area contributed by atoms with Crippen LogP contribution >= 0.6 is 0 Å². The molecule has 44 heavy (non-hydrogen) atoms. The summed E-state index contributed by atoms with van der Waals surface area (Å²) >= 11 is 0. The molecule has 0 fully saturated rings. The summed E-state index contributed by atoms with van der Waals surface area (Å²) in [5.74, 6) is 0.249. The van der Waals surface area contributed by atoms with Gasteiger partial charge in [-0.15, -0.1) is 0 Å². The third kappa shape index (κ3) is 7.21. The highest BCUT2D eigenvalue weighted by molar-refractivity contribution is 5.87. The van der Waals surface area contributed by atoms with E-state index in [9.17, 15) is 9.18 Å². The molecule has 0 saturated heterocycles. The number of nitrogens with zero attached hydrogens (tertiary/aromatic N) is 2. The molecule has 1 atom stereocenters. The molecule has 5 nitrogen and oxygen atoms in total. The number of halogens is 1. The number of pyridine rings is 1. The van der Waals surface area contributed by atoms with Gasteiger partial charge in [0, 0.05) is 60.8 Å². The molecule has 6 rings (SSSR count). The average Bonchev–Trinajstić information content (AvgIpc) is 3.42. The van der Waals surface area contributed by atoms with E-state index in [0.717, 1.165) is 44.6 Å². The first kappa shape index (κ1) is 28.9. The van der Waals surface area contributed by atoms with Crippen LogP contribution in [0.3, 0.4) is 0 Å². The van der Waals surface area contributed by atoms with Crippen molar-refractivity contribution >= 4 is 16.8 Å². The fourth-order valence-corrected chi connectivity index (χ4v) is 5.57. The molecule has 0 radical (unpaired) electrons. The van der Waals surface area contributed by atoms with Gasteiger partial charge in [-0.3, -0.25) is 9.78 Å². The number of nitrogens with one attached hydrogen (secondary N) is 1. The van der Waals surface area contributed by atoms with E-state index in [1.54, 1.807) is 6.20 Å². The largest absolute Gasteiger partial charge is 0.489 e. The zero-order valence-electron chi connectivity index (χ0n) is 24.4. The summed E-state index contributed by atoms with van der Waals surface area (Å²) in [6.45, 7) is 1.55. The van der Waals surface area contributed by atoms with Crippen LogP contribution in [-0.4, -0.2) is 22.0 Å². The van der Waals surface area contributed by atoms with E-state index >= 15 is 0 Å². The normalized spacial score (nSPS) is 11.8. The molecule has 6 aromatic rings. The van der Waals surface area contributed by atoms with Crippen LogP contribution < -0.4 is 10.1 Å². The topological polar surface area (TPSA) is 56.1 Å². The van der Waals surface area contributed by atoms with Crippen LogP contribution in [0.5, 0.6) is 5.75 Å². The number of fused-ring (bicyclic) bond motifs is 1. The van der Waals surface area contributed by atoms with Crippen LogP contribution in [0.25, 0.3) is 10.9 Å². The lowest BCUT2D eigenvalue weighted by atomic mass is 9.88. The Kier molecular flexibility index (Phi) is 9.07. The van der Waals surface area contributed by atoms with Crippen LogP contribution in [0.2, 0.25) is 0 Å². The zero-order valence-corrected chi connectivity index (χ0v) is 24.4. The fourth-order valence-electron chi connectivity index (χ4n) is 5.57. The Balaban J connectivity index is 1.30. The lowest BCUT2D eigenvalue weighted by molar-refractivity contribution is -0.121. The van der Waals surface area contributed by atoms with Gasteiger partial charge in [0.2, 0.25) is 5.91 Å². The second-order valence-electron chi connectivity index (χ2n) is 10.9. The highest BCUT2D eigenvalue weighted by atomic mass is 19.1. The number of carbonyl (C=O) groups is 1. The Morgan fingerprint density at radius 3 is 2.45 bits per heavy atom. The maximum absolute atomic E-state index is 13.6. The summed E-state index contributed by atoms with van der Waals surface area (Å²) in [6, 6.07) is 38.7. The average molecular weight is 584 g/mol. The first-order chi connectivity index (χ1) is 21.6. The first-order valence-corrected chi connectivity index (χ1v) is 14.9. The van der Waals surface area contributed by atoms with Gasteiger partial charge in [0.25, 0.3) is 0 Å². The number of hydrogen-bond donors (Lipinski definition) is 1. The van der Waals surface area contributed by atoms with Gasteiger partial charge in [-0.2, -0.15) is 0 Å². The molecule has 220 valence electrons. The minimum atomic E-state index is -0.254. The molecule has 4 aromatic carbocycles. The molecule has 6 heteroatoms. The van der Waals surface area contributed by atoms with E-state index in [1.165, 1.54) is 12.1 Å². The predicted octanol–water partition coefficient (Wildman–Crippen LogP) is 7.68. The van der Waals surface area contributed by atoms with E-state index in [-0.39, 0.29) is 24.1 Å². The first-order valence-electron chi connectivity index (χ1n) is 14.9. The molecule has 1 unspecified atom stereocenters. The van der Waals surface area contributed by atoms with Crippen molar-refractivity contribution in [2.75, 3.05) is 6.54 Å². The molecule has 0 saturated carbocycles. The lowest BCUT2D eigenvalue weighted by Gasteiger charge is -2.18. The summed E-state index contributed by atoms with van der Waals surface area (Å²) in [5.41, 5.74) is 6.15. The quantitative estimate of drug-likeness (QED) is 0.161. The molecule has 1 N–H and O–H groups in total. The Hall–Kier alpha value is -5.23. The second kappa shape index (κ2) is 13.8. The molecule has 2 aromatic heterocycles. The maximum Gasteiger partial charge on any atom is 0.220 e. The van der Waals surface area contributed by atoms with Crippen molar-refractivity contribution < 1.29 is 13.9 Å². The number of para-hydroxylation sites is 1. The minimum Gasteiger partial charge on any atom is -0.489 e. The molecule has 0 aliphatic heterocycles. The summed E-state index contributed by atoms with van der Waals surface area (Å²) in [7, 11) is 0. The van der Waals surface area contributed by atoms with Crippen molar-refractivity contribution in [3.8, 4) is 5.75 Å². The van der Waals surface area contributed by atoms with Crippen LogP contribution in [0.1, 0.15) is 40.3 Å². The third-order valence-electron chi connectivity index (χ3n) is 7.79. The van der Waals surface area contributed by atoms with Gasteiger partial charge in [-0.25, -0.2) is 4.39 Å². The van der Waals surface area contributed by atoms with Crippen molar-refractivity contribution in [2.24, 2.45) is 0 Å². The summed E-state index contributed by atoms with van der Waals surface area (Å²) < 4.78 is 22.0. The van der Waals surface area contributed by atoms with Gasteiger partial charge in [0.15, 0.2) is 0 Å². The Bertz CT molecular complexity index is 1820. The monoisotopic (exact) mass is 583 g/mol. The lowest BCUT2D eigenvalue weighted by Crippen LogP contribution is -2.27. The van der Waals surface area contributed by atoms with Crippen molar-refractivity contribution in [2.45, 2.75) is 31.9 Å². The van der Waals surface area contributed by atoms with Crippen LogP contribution in [0.4, 0.5) is 4.39 Å². The van der Waals surface area contributed by atoms with Crippen molar-refractivity contribution in [1.29, 1.82) is 0 Å². The van der Waals surface area contributed by atoms with Gasteiger partial charge < -0.3 is 14.6 Å². The SMILES string of the molecule is O=C(CC(c1cccc(OCc2ccccc2)c1)c1cn(Cc2ccc(F)cc2)c2ccccc12)NCCc1ccccn1. The highest BCUT2D eigenvalue weighted by Gasteiger charge is 2.23. The van der Waals surface area contributed by atoms with Crippen LogP contribution in [-0.2, 0) is 24.4 Å². The van der Waals surface area contributed by atoms with E-state index in [1.807, 2.05) is 91.0 Å². The van der Waals surface area contributed by atoms with E-state index in [4.69, 9.17) is 4.74 Å². The Morgan fingerprint density at radius 2 is 1.64 bits per heavy atom. The molecule has 0 aliphatic rings. The summed E-state index contributed by atoms with van der Waals surface area (Å²) in [4.78, 5) is 17.8. The number of benzene rings is 4. The van der Waals surface area contributed by atoms with Gasteiger partial charge in [-0.1, -0.05) is 78.9 Å². The zero-order chi connectivity index (χ0) is 30.1. The minimum absolute atomic E-state index is 0.0306. The van der Waals surface area contributed by atoms with Crippen LogP contribution in [0.15, 0.2) is 134 Å². The van der Waals surface area contributed by atoms with Gasteiger partial charge in [0.1, 0.15) is 18.2 Å². The molecule has 0 spiro atoms. The van der Waals surface area contributed by atoms with Crippen molar-refractivity contribution in [3.63, 3.8) is 0 Å². The number of amides is 1. The summed E-state index contributed by atoms with van der Waals surface area (Å²) in [6.07, 6.45) is 4.84. The number of ether oxygens (including phenoxy) is 1.